The molecule has 6 nitrogen and oxygen atoms in total. The van der Waals surface area contributed by atoms with Crippen LogP contribution in [0.5, 0.6) is 0 Å². The Kier molecular flexibility index (Phi) is 6.22. The fourth-order valence-electron chi connectivity index (χ4n) is 3.71. The first kappa shape index (κ1) is 19.6. The Morgan fingerprint density at radius 1 is 1.03 bits per heavy atom. The average molecular weight is 393 g/mol. The smallest absolute Gasteiger partial charge is 0.251 e. The lowest BCUT2D eigenvalue weighted by Gasteiger charge is -2.27. The molecule has 2 aromatic carbocycles. The highest BCUT2D eigenvalue weighted by Gasteiger charge is 2.15. The molecule has 2 aromatic rings. The Hall–Kier alpha value is -2.70. The Labute approximate surface area is 172 Å². The molecule has 0 bridgehead atoms. The second kappa shape index (κ2) is 9.20. The number of ether oxygens (including phenoxy) is 1. The van der Waals surface area contributed by atoms with Crippen molar-refractivity contribution in [2.75, 3.05) is 37.9 Å². The summed E-state index contributed by atoms with van der Waals surface area (Å²) in [5, 5.41) is 9.56. The van der Waals surface area contributed by atoms with E-state index in [0.29, 0.717) is 12.1 Å². The van der Waals surface area contributed by atoms with Gasteiger partial charge in [-0.15, -0.1) is 0 Å². The van der Waals surface area contributed by atoms with E-state index in [1.165, 1.54) is 5.56 Å². The molecule has 1 N–H and O–H groups in total. The van der Waals surface area contributed by atoms with Crippen molar-refractivity contribution in [3.8, 4) is 0 Å². The van der Waals surface area contributed by atoms with Crippen LogP contribution in [0.3, 0.4) is 0 Å². The zero-order valence-corrected chi connectivity index (χ0v) is 16.9. The van der Waals surface area contributed by atoms with E-state index in [-0.39, 0.29) is 5.91 Å². The molecule has 2 aliphatic heterocycles. The molecule has 1 amide bonds. The molecule has 2 heterocycles. The second-order valence-corrected chi connectivity index (χ2v) is 7.60. The number of nitrogens with one attached hydrogen (secondary N) is 1. The lowest BCUT2D eigenvalue weighted by atomic mass is 10.1. The quantitative estimate of drug-likeness (QED) is 0.821. The van der Waals surface area contributed by atoms with Crippen molar-refractivity contribution in [2.24, 2.45) is 5.10 Å². The summed E-state index contributed by atoms with van der Waals surface area (Å²) >= 11 is 0. The molecule has 0 radical (unpaired) electrons. The number of amides is 1. The molecule has 0 aromatic heterocycles. The predicted molar refractivity (Wildman–Crippen MR) is 115 cm³/mol. The van der Waals surface area contributed by atoms with Gasteiger partial charge in [-0.3, -0.25) is 14.7 Å². The number of hydrogen-bond acceptors (Lipinski definition) is 5. The normalized spacial score (nSPS) is 17.3. The lowest BCUT2D eigenvalue weighted by Crippen LogP contribution is -2.36. The van der Waals surface area contributed by atoms with Gasteiger partial charge in [0.05, 0.1) is 18.9 Å². The van der Waals surface area contributed by atoms with Crippen LogP contribution in [-0.4, -0.2) is 49.4 Å². The van der Waals surface area contributed by atoms with Gasteiger partial charge in [0.15, 0.2) is 0 Å². The molecule has 6 heteroatoms. The van der Waals surface area contributed by atoms with Crippen LogP contribution in [-0.2, 0) is 17.8 Å². The van der Waals surface area contributed by atoms with E-state index in [0.717, 1.165) is 62.8 Å². The molecule has 0 atom stereocenters. The first-order valence-corrected chi connectivity index (χ1v) is 10.3. The van der Waals surface area contributed by atoms with E-state index in [4.69, 9.17) is 4.74 Å². The molecule has 4 rings (SSSR count). The molecule has 0 unspecified atom stereocenters. The number of nitrogens with zero attached hydrogens (tertiary/aromatic N) is 3. The molecule has 29 heavy (non-hydrogen) atoms. The molecule has 0 saturated carbocycles. The molecule has 0 spiro atoms. The summed E-state index contributed by atoms with van der Waals surface area (Å²) in [7, 11) is 0. The van der Waals surface area contributed by atoms with Gasteiger partial charge in [-0.25, -0.2) is 0 Å². The zero-order chi connectivity index (χ0) is 20.1. The third-order valence-electron chi connectivity index (χ3n) is 5.46. The topological polar surface area (TPSA) is 57.2 Å². The van der Waals surface area contributed by atoms with E-state index in [2.05, 4.69) is 33.5 Å². The number of carbonyl (C=O) groups excluding carboxylic acids is 1. The lowest BCUT2D eigenvalue weighted by molar-refractivity contribution is 0.0340. The predicted octanol–water partition coefficient (Wildman–Crippen LogP) is 3.03. The molecule has 0 aliphatic carbocycles. The molecule has 1 saturated heterocycles. The van der Waals surface area contributed by atoms with E-state index in [1.54, 1.807) is 0 Å². The van der Waals surface area contributed by atoms with Crippen molar-refractivity contribution < 1.29 is 9.53 Å². The van der Waals surface area contributed by atoms with Gasteiger partial charge in [0.25, 0.3) is 5.91 Å². The second-order valence-electron chi connectivity index (χ2n) is 7.60. The summed E-state index contributed by atoms with van der Waals surface area (Å²) in [4.78, 5) is 15.0. The summed E-state index contributed by atoms with van der Waals surface area (Å²) in [6.45, 7) is 7.84. The van der Waals surface area contributed by atoms with Gasteiger partial charge in [0.1, 0.15) is 0 Å². The van der Waals surface area contributed by atoms with Crippen LogP contribution in [0.15, 0.2) is 53.6 Å². The first-order valence-electron chi connectivity index (χ1n) is 10.3. The van der Waals surface area contributed by atoms with Gasteiger partial charge in [-0.1, -0.05) is 24.3 Å². The third kappa shape index (κ3) is 5.02. The molecular formula is C23H28N4O2. The van der Waals surface area contributed by atoms with Crippen LogP contribution in [0.25, 0.3) is 0 Å². The van der Waals surface area contributed by atoms with Gasteiger partial charge in [0, 0.05) is 50.4 Å². The van der Waals surface area contributed by atoms with Gasteiger partial charge < -0.3 is 10.1 Å². The van der Waals surface area contributed by atoms with Crippen molar-refractivity contribution in [3.05, 3.63) is 65.2 Å². The summed E-state index contributed by atoms with van der Waals surface area (Å²) in [6, 6.07) is 16.0. The van der Waals surface area contributed by atoms with Crippen LogP contribution in [0.1, 0.15) is 34.8 Å². The number of morpholine rings is 1. The van der Waals surface area contributed by atoms with Gasteiger partial charge in [0.2, 0.25) is 0 Å². The van der Waals surface area contributed by atoms with Crippen LogP contribution >= 0.6 is 0 Å². The van der Waals surface area contributed by atoms with E-state index in [9.17, 15) is 4.79 Å². The molecule has 1 fully saturated rings. The Bertz CT molecular complexity index is 873. The largest absolute Gasteiger partial charge is 0.379 e. The summed E-state index contributed by atoms with van der Waals surface area (Å²) in [6.07, 6.45) is 0.992. The fourth-order valence-corrected chi connectivity index (χ4v) is 3.71. The number of rotatable bonds is 6. The molecular weight excluding hydrogens is 364 g/mol. The zero-order valence-electron chi connectivity index (χ0n) is 16.9. The van der Waals surface area contributed by atoms with Gasteiger partial charge >= 0.3 is 0 Å². The third-order valence-corrected chi connectivity index (χ3v) is 5.46. The van der Waals surface area contributed by atoms with Crippen molar-refractivity contribution >= 4 is 17.3 Å². The number of hydrogen-bond donors (Lipinski definition) is 1. The molecule has 2 aliphatic rings. The average Bonchev–Trinajstić information content (AvgIpc) is 3.20. The number of carbonyl (C=O) groups is 1. The highest BCUT2D eigenvalue weighted by Crippen LogP contribution is 2.20. The number of hydrazone groups is 1. The summed E-state index contributed by atoms with van der Waals surface area (Å²) in [5.74, 6) is -0.0566. The Morgan fingerprint density at radius 3 is 2.45 bits per heavy atom. The maximum Gasteiger partial charge on any atom is 0.251 e. The van der Waals surface area contributed by atoms with Crippen molar-refractivity contribution in [1.29, 1.82) is 0 Å². The minimum absolute atomic E-state index is 0.0566. The monoisotopic (exact) mass is 392 g/mol. The maximum atomic E-state index is 12.6. The van der Waals surface area contributed by atoms with Crippen LogP contribution in [0, 0.1) is 0 Å². The Balaban J connectivity index is 1.36. The Morgan fingerprint density at radius 2 is 1.76 bits per heavy atom. The highest BCUT2D eigenvalue weighted by atomic mass is 16.5. The van der Waals surface area contributed by atoms with Crippen molar-refractivity contribution in [1.82, 2.24) is 10.2 Å². The van der Waals surface area contributed by atoms with Gasteiger partial charge in [-0.2, -0.15) is 5.10 Å². The standard InChI is InChI=1S/C23H28N4O2/c1-18-10-11-27(25-18)22-8-6-19(7-9-22)23(28)24-16-20-4-2-3-5-21(20)17-26-12-14-29-15-13-26/h2-9H,10-17H2,1H3,(H,24,28). The SMILES string of the molecule is CC1=NN(c2ccc(C(=O)NCc3ccccc3CN3CCOCC3)cc2)CC1. The summed E-state index contributed by atoms with van der Waals surface area (Å²) < 4.78 is 5.43. The molecule has 152 valence electrons. The maximum absolute atomic E-state index is 12.6. The minimum atomic E-state index is -0.0566. The van der Waals surface area contributed by atoms with Crippen LogP contribution in [0.4, 0.5) is 5.69 Å². The summed E-state index contributed by atoms with van der Waals surface area (Å²) in [5.41, 5.74) is 5.24. The van der Waals surface area contributed by atoms with E-state index < -0.39 is 0 Å². The highest BCUT2D eigenvalue weighted by molar-refractivity contribution is 5.94. The van der Waals surface area contributed by atoms with Gasteiger partial charge in [-0.05, 0) is 42.3 Å². The number of benzene rings is 2. The van der Waals surface area contributed by atoms with Crippen LogP contribution in [0.2, 0.25) is 0 Å². The van der Waals surface area contributed by atoms with E-state index >= 15 is 0 Å². The van der Waals surface area contributed by atoms with Crippen molar-refractivity contribution in [3.63, 3.8) is 0 Å². The minimum Gasteiger partial charge on any atom is -0.379 e. The first-order chi connectivity index (χ1) is 14.2. The fraction of sp³-hybridized carbons (Fsp3) is 0.391. The van der Waals surface area contributed by atoms with Crippen LogP contribution < -0.4 is 10.3 Å². The number of anilines is 1. The van der Waals surface area contributed by atoms with E-state index in [1.807, 2.05) is 42.3 Å². The van der Waals surface area contributed by atoms with Crippen molar-refractivity contribution in [2.45, 2.75) is 26.4 Å².